The zero-order chi connectivity index (χ0) is 27.5. The van der Waals surface area contributed by atoms with E-state index in [4.69, 9.17) is 14.3 Å². The van der Waals surface area contributed by atoms with E-state index in [1.165, 1.54) is 19.4 Å². The minimum Gasteiger partial charge on any atom is -0.462 e. The van der Waals surface area contributed by atoms with Crippen molar-refractivity contribution in [1.82, 2.24) is 5.06 Å². The van der Waals surface area contributed by atoms with E-state index in [2.05, 4.69) is 13.0 Å². The van der Waals surface area contributed by atoms with Gasteiger partial charge in [0.05, 0.1) is 17.7 Å². The van der Waals surface area contributed by atoms with Gasteiger partial charge in [-0.3, -0.25) is 24.0 Å². The molecular weight excluding hydrogens is 498 g/mol. The predicted molar refractivity (Wildman–Crippen MR) is 140 cm³/mol. The van der Waals surface area contributed by atoms with E-state index >= 15 is 0 Å². The van der Waals surface area contributed by atoms with E-state index < -0.39 is 17.8 Å². The van der Waals surface area contributed by atoms with Crippen LogP contribution in [0.4, 0.5) is 0 Å². The normalized spacial score (nSPS) is 30.7. The minimum atomic E-state index is -0.455. The summed E-state index contributed by atoms with van der Waals surface area (Å²) in [6, 6.07) is 12.5. The molecule has 1 aliphatic heterocycles. The van der Waals surface area contributed by atoms with Crippen molar-refractivity contribution in [3.05, 3.63) is 64.7 Å². The molecule has 6 rings (SSSR count). The summed E-state index contributed by atoms with van der Waals surface area (Å²) in [4.78, 5) is 55.3. The van der Waals surface area contributed by atoms with Crippen LogP contribution < -0.4 is 4.74 Å². The molecule has 8 nitrogen and oxygen atoms in total. The first kappa shape index (κ1) is 25.7. The van der Waals surface area contributed by atoms with Gasteiger partial charge in [0.15, 0.2) is 0 Å². The van der Waals surface area contributed by atoms with E-state index in [9.17, 15) is 19.2 Å². The molecule has 2 aromatic carbocycles. The predicted octanol–water partition coefficient (Wildman–Crippen LogP) is 5.17. The summed E-state index contributed by atoms with van der Waals surface area (Å²) in [6.45, 7) is 5.26. The van der Waals surface area contributed by atoms with Crippen LogP contribution in [0.3, 0.4) is 0 Å². The van der Waals surface area contributed by atoms with Gasteiger partial charge in [-0.2, -0.15) is 0 Å². The second-order valence-electron chi connectivity index (χ2n) is 11.7. The fourth-order valence-electron chi connectivity index (χ4n) is 7.88. The summed E-state index contributed by atoms with van der Waals surface area (Å²) >= 11 is 0. The van der Waals surface area contributed by atoms with Crippen molar-refractivity contribution >= 4 is 23.8 Å². The maximum absolute atomic E-state index is 12.9. The molecule has 0 N–H and O–H groups in total. The molecule has 3 aliphatic carbocycles. The smallest absolute Gasteiger partial charge is 0.308 e. The van der Waals surface area contributed by atoms with E-state index in [1.807, 2.05) is 12.1 Å². The van der Waals surface area contributed by atoms with Crippen LogP contribution in [0.1, 0.15) is 96.6 Å². The van der Waals surface area contributed by atoms with Crippen LogP contribution in [0.15, 0.2) is 42.5 Å². The lowest BCUT2D eigenvalue weighted by molar-refractivity contribution is -0.155. The molecule has 0 radical (unpaired) electrons. The molecule has 6 atom stereocenters. The number of amides is 2. The summed E-state index contributed by atoms with van der Waals surface area (Å²) in [6.07, 6.45) is 4.51. The van der Waals surface area contributed by atoms with Crippen molar-refractivity contribution in [2.75, 3.05) is 6.61 Å². The van der Waals surface area contributed by atoms with Crippen LogP contribution in [0.5, 0.6) is 5.75 Å². The largest absolute Gasteiger partial charge is 0.462 e. The molecule has 2 amide bonds. The third-order valence-electron chi connectivity index (χ3n) is 9.54. The number of hydrogen-bond acceptors (Lipinski definition) is 7. The van der Waals surface area contributed by atoms with E-state index in [0.717, 1.165) is 42.7 Å². The summed E-state index contributed by atoms with van der Waals surface area (Å²) in [5.74, 6) is -0.126. The van der Waals surface area contributed by atoms with Gasteiger partial charge in [-0.1, -0.05) is 25.1 Å². The molecule has 0 aromatic heterocycles. The van der Waals surface area contributed by atoms with Gasteiger partial charge in [0.2, 0.25) is 0 Å². The highest BCUT2D eigenvalue weighted by atomic mass is 16.7. The molecule has 0 spiro atoms. The molecule has 2 saturated carbocycles. The molecule has 1 heterocycles. The molecular formula is C31H33NO7. The second-order valence-corrected chi connectivity index (χ2v) is 11.7. The SMILES string of the molecule is CC(=O)Oc1ccc2c(c1)C(CON1C(=O)c3ccccc3C1=O)C[C@@H]1C2CC[C@]2(C)C(OC(C)=O)CCC12. The van der Waals surface area contributed by atoms with Crippen LogP contribution in [-0.4, -0.2) is 41.5 Å². The third kappa shape index (κ3) is 4.25. The molecule has 0 saturated heterocycles. The molecule has 2 fully saturated rings. The number of imide groups is 1. The summed E-state index contributed by atoms with van der Waals surface area (Å²) in [5.41, 5.74) is 2.83. The van der Waals surface area contributed by atoms with E-state index in [-0.39, 0.29) is 30.0 Å². The van der Waals surface area contributed by atoms with Crippen LogP contribution in [0.2, 0.25) is 0 Å². The lowest BCUT2D eigenvalue weighted by Crippen LogP contribution is -2.46. The Morgan fingerprint density at radius 3 is 2.33 bits per heavy atom. The first-order valence-corrected chi connectivity index (χ1v) is 13.8. The lowest BCUT2D eigenvalue weighted by Gasteiger charge is -2.51. The van der Waals surface area contributed by atoms with E-state index in [0.29, 0.717) is 34.6 Å². The Morgan fingerprint density at radius 2 is 1.67 bits per heavy atom. The van der Waals surface area contributed by atoms with Crippen LogP contribution >= 0.6 is 0 Å². The second kappa shape index (κ2) is 9.59. The van der Waals surface area contributed by atoms with Gasteiger partial charge in [0, 0.05) is 25.2 Å². The fraction of sp³-hybridized carbons (Fsp3) is 0.484. The van der Waals surface area contributed by atoms with E-state index in [1.54, 1.807) is 24.3 Å². The number of hydrogen-bond donors (Lipinski definition) is 0. The Bertz CT molecular complexity index is 1330. The maximum Gasteiger partial charge on any atom is 0.308 e. The van der Waals surface area contributed by atoms with Crippen molar-refractivity contribution in [1.29, 1.82) is 0 Å². The number of nitrogens with zero attached hydrogens (tertiary/aromatic N) is 1. The number of ether oxygens (including phenoxy) is 2. The highest BCUT2D eigenvalue weighted by Crippen LogP contribution is 2.63. The van der Waals surface area contributed by atoms with Crippen molar-refractivity contribution < 1.29 is 33.5 Å². The topological polar surface area (TPSA) is 99.2 Å². The number of carbonyl (C=O) groups is 4. The van der Waals surface area contributed by atoms with Crippen molar-refractivity contribution in [3.63, 3.8) is 0 Å². The van der Waals surface area contributed by atoms with Gasteiger partial charge in [-0.15, -0.1) is 5.06 Å². The Kier molecular flexibility index (Phi) is 6.33. The number of fused-ring (bicyclic) bond motifs is 6. The van der Waals surface area contributed by atoms with Gasteiger partial charge in [0.25, 0.3) is 11.8 Å². The Morgan fingerprint density at radius 1 is 0.949 bits per heavy atom. The number of rotatable bonds is 5. The van der Waals surface area contributed by atoms with Crippen LogP contribution in [-0.2, 0) is 19.2 Å². The van der Waals surface area contributed by atoms with Gasteiger partial charge in [-0.25, -0.2) is 0 Å². The summed E-state index contributed by atoms with van der Waals surface area (Å²) < 4.78 is 11.2. The maximum atomic E-state index is 12.9. The lowest BCUT2D eigenvalue weighted by atomic mass is 9.54. The fourth-order valence-corrected chi connectivity index (χ4v) is 7.88. The first-order chi connectivity index (χ1) is 18.7. The Hall–Kier alpha value is -3.52. The van der Waals surface area contributed by atoms with Gasteiger partial charge >= 0.3 is 11.9 Å². The van der Waals surface area contributed by atoms with Gasteiger partial charge < -0.3 is 9.47 Å². The van der Waals surface area contributed by atoms with Crippen LogP contribution in [0, 0.1) is 17.3 Å². The zero-order valence-corrected chi connectivity index (χ0v) is 22.5. The van der Waals surface area contributed by atoms with Crippen molar-refractivity contribution in [3.8, 4) is 5.75 Å². The third-order valence-corrected chi connectivity index (χ3v) is 9.54. The molecule has 2 aromatic rings. The molecule has 39 heavy (non-hydrogen) atoms. The molecule has 4 unspecified atom stereocenters. The summed E-state index contributed by atoms with van der Waals surface area (Å²) in [5, 5.41) is 0.879. The molecule has 0 bridgehead atoms. The Balaban J connectivity index is 1.30. The molecule has 204 valence electrons. The van der Waals surface area contributed by atoms with Crippen molar-refractivity contribution in [2.24, 2.45) is 17.3 Å². The quantitative estimate of drug-likeness (QED) is 0.298. The summed E-state index contributed by atoms with van der Waals surface area (Å²) in [7, 11) is 0. The highest BCUT2D eigenvalue weighted by Gasteiger charge is 2.57. The van der Waals surface area contributed by atoms with Gasteiger partial charge in [0.1, 0.15) is 11.9 Å². The number of esters is 2. The molecule has 4 aliphatic rings. The van der Waals surface area contributed by atoms with Gasteiger partial charge in [-0.05, 0) is 85.3 Å². The first-order valence-electron chi connectivity index (χ1n) is 13.8. The zero-order valence-electron chi connectivity index (χ0n) is 22.5. The average molecular weight is 532 g/mol. The number of hydroxylamine groups is 2. The monoisotopic (exact) mass is 531 g/mol. The Labute approximate surface area is 227 Å². The number of benzene rings is 2. The van der Waals surface area contributed by atoms with Crippen molar-refractivity contribution in [2.45, 2.75) is 70.8 Å². The highest BCUT2D eigenvalue weighted by molar-refractivity contribution is 6.20. The standard InChI is InChI=1S/C31H33NO7/c1-17(33)38-20-8-9-21-22-12-13-31(3)27(10-11-28(31)39-18(2)34)26(22)14-19(25(21)15-20)16-37-32-29(35)23-6-4-5-7-24(23)30(32)36/h4-9,15,19,22,26-28H,10-14,16H2,1-3H3/t19?,22?,26-,27?,28?,31+/m1/s1. The average Bonchev–Trinajstić information content (AvgIpc) is 3.35. The number of carbonyl (C=O) groups excluding carboxylic acids is 4. The van der Waals surface area contributed by atoms with Crippen LogP contribution in [0.25, 0.3) is 0 Å². The molecule has 8 heteroatoms. The minimum absolute atomic E-state index is 0.0817.